The molecule has 1 aromatic heterocycles. The monoisotopic (exact) mass is 405 g/mol. The van der Waals surface area contributed by atoms with E-state index >= 15 is 0 Å². The van der Waals surface area contributed by atoms with Gasteiger partial charge in [0.05, 0.1) is 16.8 Å². The van der Waals surface area contributed by atoms with Gasteiger partial charge in [-0.1, -0.05) is 48.0 Å². The molecule has 4 nitrogen and oxygen atoms in total. The number of ether oxygens (including phenoxy) is 1. The molecule has 3 aromatic rings. The van der Waals surface area contributed by atoms with E-state index in [0.717, 1.165) is 52.6 Å². The number of hydrogen-bond acceptors (Lipinski definition) is 4. The van der Waals surface area contributed by atoms with E-state index in [1.807, 2.05) is 54.6 Å². The number of esters is 1. The van der Waals surface area contributed by atoms with Gasteiger partial charge in [0.25, 0.3) is 0 Å². The molecule has 0 unspecified atom stereocenters. The van der Waals surface area contributed by atoms with Crippen LogP contribution in [0.25, 0.3) is 22.6 Å². The molecular weight excluding hydrogens is 386 g/mol. The Hall–Kier alpha value is -2.98. The number of allylic oxidation sites excluding steroid dienone is 1. The first kappa shape index (κ1) is 19.3. The molecule has 0 saturated carbocycles. The lowest BCUT2D eigenvalue weighted by atomic mass is 9.86. The highest BCUT2D eigenvalue weighted by Gasteiger charge is 2.26. The molecular formula is C24H20ClNO3. The summed E-state index contributed by atoms with van der Waals surface area (Å²) >= 11 is 6.35. The number of carbonyl (C=O) groups is 2. The summed E-state index contributed by atoms with van der Waals surface area (Å²) < 4.78 is 5.28. The maximum atomic E-state index is 12.9. The van der Waals surface area contributed by atoms with Crippen LogP contribution in [0.2, 0.25) is 5.02 Å². The average Bonchev–Trinajstić information content (AvgIpc) is 2.72. The lowest BCUT2D eigenvalue weighted by Crippen LogP contribution is -2.17. The number of benzene rings is 2. The zero-order valence-electron chi connectivity index (χ0n) is 16.1. The second kappa shape index (κ2) is 8.18. The van der Waals surface area contributed by atoms with Crippen LogP contribution in [-0.4, -0.2) is 23.3 Å². The van der Waals surface area contributed by atoms with Crippen LogP contribution in [0, 0.1) is 0 Å². The number of Topliss-reactive ketones (excluding diaryl/α,β-unsaturated/α-hetero) is 1. The third kappa shape index (κ3) is 3.94. The van der Waals surface area contributed by atoms with Crippen molar-refractivity contribution in [2.75, 3.05) is 6.61 Å². The van der Waals surface area contributed by atoms with E-state index in [-0.39, 0.29) is 12.4 Å². The smallest absolute Gasteiger partial charge is 0.339 e. The van der Waals surface area contributed by atoms with E-state index in [2.05, 4.69) is 0 Å². The topological polar surface area (TPSA) is 56.3 Å². The Kier molecular flexibility index (Phi) is 5.45. The fourth-order valence-corrected chi connectivity index (χ4v) is 3.92. The van der Waals surface area contributed by atoms with Crippen molar-refractivity contribution in [3.8, 4) is 0 Å². The van der Waals surface area contributed by atoms with Gasteiger partial charge < -0.3 is 4.74 Å². The fourth-order valence-electron chi connectivity index (χ4n) is 3.73. The van der Waals surface area contributed by atoms with Crippen LogP contribution < -0.4 is 0 Å². The first-order chi connectivity index (χ1) is 14.0. The molecule has 0 atom stereocenters. The number of rotatable bonds is 4. The molecule has 0 N–H and O–H groups in total. The minimum absolute atomic E-state index is 0.190. The molecule has 0 radical (unpaired) electrons. The fraction of sp³-hybridized carbons (Fsp3) is 0.208. The Morgan fingerprint density at radius 3 is 2.66 bits per heavy atom. The molecule has 29 heavy (non-hydrogen) atoms. The Bertz CT molecular complexity index is 1150. The van der Waals surface area contributed by atoms with Crippen molar-refractivity contribution in [1.82, 2.24) is 4.98 Å². The van der Waals surface area contributed by atoms with Crippen molar-refractivity contribution >= 4 is 45.9 Å². The van der Waals surface area contributed by atoms with E-state index in [1.165, 1.54) is 6.92 Å². The summed E-state index contributed by atoms with van der Waals surface area (Å²) in [6, 6.07) is 15.2. The third-order valence-corrected chi connectivity index (χ3v) is 5.36. The summed E-state index contributed by atoms with van der Waals surface area (Å²) in [6.45, 7) is 1.17. The number of hydrogen-bond donors (Lipinski definition) is 0. The zero-order valence-corrected chi connectivity index (χ0v) is 16.8. The van der Waals surface area contributed by atoms with Gasteiger partial charge in [-0.3, -0.25) is 4.79 Å². The molecule has 0 spiro atoms. The van der Waals surface area contributed by atoms with Gasteiger partial charge in [-0.2, -0.15) is 0 Å². The van der Waals surface area contributed by atoms with E-state index < -0.39 is 5.97 Å². The summed E-state index contributed by atoms with van der Waals surface area (Å²) in [4.78, 5) is 29.1. The standard InChI is InChI=1S/C24H20ClNO3/c1-15(27)14-29-24(28)22-18-9-3-5-12-21(18)26-23-17(8-6-10-19(22)23)13-16-7-2-4-11-20(16)25/h2-5,7,9,11-13H,6,8,10,14H2,1H3/b17-13+. The quantitative estimate of drug-likeness (QED) is 0.537. The van der Waals surface area contributed by atoms with Crippen molar-refractivity contribution in [2.45, 2.75) is 26.2 Å². The van der Waals surface area contributed by atoms with Gasteiger partial charge in [-0.15, -0.1) is 0 Å². The first-order valence-corrected chi connectivity index (χ1v) is 9.96. The lowest BCUT2D eigenvalue weighted by molar-refractivity contribution is -0.120. The summed E-state index contributed by atoms with van der Waals surface area (Å²) in [7, 11) is 0. The summed E-state index contributed by atoms with van der Waals surface area (Å²) in [5.74, 6) is -0.668. The van der Waals surface area contributed by atoms with Crippen molar-refractivity contribution in [3.63, 3.8) is 0 Å². The Balaban J connectivity index is 1.90. The molecule has 0 fully saturated rings. The predicted octanol–water partition coefficient (Wildman–Crippen LogP) is 5.51. The zero-order chi connectivity index (χ0) is 20.4. The van der Waals surface area contributed by atoms with Crippen molar-refractivity contribution < 1.29 is 14.3 Å². The van der Waals surface area contributed by atoms with Crippen LogP contribution in [0.3, 0.4) is 0 Å². The Morgan fingerprint density at radius 2 is 1.86 bits per heavy atom. The molecule has 0 aliphatic heterocycles. The van der Waals surface area contributed by atoms with Gasteiger partial charge in [-0.05, 0) is 61.1 Å². The van der Waals surface area contributed by atoms with Crippen molar-refractivity contribution in [2.24, 2.45) is 0 Å². The van der Waals surface area contributed by atoms with E-state index in [4.69, 9.17) is 21.3 Å². The molecule has 0 saturated heterocycles. The van der Waals surface area contributed by atoms with Gasteiger partial charge in [0.2, 0.25) is 0 Å². The highest BCUT2D eigenvalue weighted by Crippen LogP contribution is 2.37. The molecule has 2 aromatic carbocycles. The molecule has 0 bridgehead atoms. The first-order valence-electron chi connectivity index (χ1n) is 9.58. The molecule has 1 aliphatic carbocycles. The number of ketones is 1. The van der Waals surface area contributed by atoms with Gasteiger partial charge in [0.1, 0.15) is 6.61 Å². The molecule has 5 heteroatoms. The van der Waals surface area contributed by atoms with Gasteiger partial charge in [0.15, 0.2) is 5.78 Å². The van der Waals surface area contributed by atoms with Crippen LogP contribution in [0.15, 0.2) is 48.5 Å². The van der Waals surface area contributed by atoms with Crippen LogP contribution >= 0.6 is 11.6 Å². The van der Waals surface area contributed by atoms with Crippen LogP contribution in [0.5, 0.6) is 0 Å². The average molecular weight is 406 g/mol. The number of carbonyl (C=O) groups excluding carboxylic acids is 2. The Morgan fingerprint density at radius 1 is 1.10 bits per heavy atom. The molecule has 1 heterocycles. The maximum Gasteiger partial charge on any atom is 0.339 e. The predicted molar refractivity (Wildman–Crippen MR) is 115 cm³/mol. The van der Waals surface area contributed by atoms with Crippen LogP contribution in [0.4, 0.5) is 0 Å². The number of aromatic nitrogens is 1. The normalized spacial score (nSPS) is 14.6. The minimum Gasteiger partial charge on any atom is -0.454 e. The van der Waals surface area contributed by atoms with E-state index in [0.29, 0.717) is 10.6 Å². The third-order valence-electron chi connectivity index (χ3n) is 5.02. The molecule has 1 aliphatic rings. The molecule has 0 amide bonds. The molecule has 4 rings (SSSR count). The van der Waals surface area contributed by atoms with Gasteiger partial charge in [0, 0.05) is 10.4 Å². The minimum atomic E-state index is -0.478. The number of pyridine rings is 1. The van der Waals surface area contributed by atoms with E-state index in [9.17, 15) is 9.59 Å². The highest BCUT2D eigenvalue weighted by molar-refractivity contribution is 6.32. The molecule has 146 valence electrons. The number of para-hydroxylation sites is 1. The highest BCUT2D eigenvalue weighted by atomic mass is 35.5. The maximum absolute atomic E-state index is 12.9. The SMILES string of the molecule is CC(=O)COC(=O)c1c2c(nc3ccccc13)/C(=C/c1ccccc1Cl)CCC2. The summed E-state index contributed by atoms with van der Waals surface area (Å²) in [5.41, 5.74) is 4.90. The number of halogens is 1. The van der Waals surface area contributed by atoms with Gasteiger partial charge in [-0.25, -0.2) is 9.78 Å². The van der Waals surface area contributed by atoms with Crippen LogP contribution in [-0.2, 0) is 16.0 Å². The van der Waals surface area contributed by atoms with Crippen molar-refractivity contribution in [1.29, 1.82) is 0 Å². The van der Waals surface area contributed by atoms with Crippen molar-refractivity contribution in [3.05, 3.63) is 75.9 Å². The second-order valence-electron chi connectivity index (χ2n) is 7.15. The number of fused-ring (bicyclic) bond motifs is 2. The summed E-state index contributed by atoms with van der Waals surface area (Å²) in [5, 5.41) is 1.42. The Labute approximate surface area is 174 Å². The van der Waals surface area contributed by atoms with Crippen LogP contribution in [0.1, 0.15) is 46.9 Å². The lowest BCUT2D eigenvalue weighted by Gasteiger charge is -2.22. The van der Waals surface area contributed by atoms with E-state index in [1.54, 1.807) is 0 Å². The van der Waals surface area contributed by atoms with Gasteiger partial charge >= 0.3 is 5.97 Å². The largest absolute Gasteiger partial charge is 0.454 e. The second-order valence-corrected chi connectivity index (χ2v) is 7.56. The number of nitrogens with zero attached hydrogens (tertiary/aromatic N) is 1. The summed E-state index contributed by atoms with van der Waals surface area (Å²) in [6.07, 6.45) is 4.53.